The number of nitrogens with zero attached hydrogens (tertiary/aromatic N) is 2. The van der Waals surface area contributed by atoms with Crippen molar-refractivity contribution in [2.24, 2.45) is 7.05 Å². The highest BCUT2D eigenvalue weighted by molar-refractivity contribution is 5.91. The second-order valence-corrected chi connectivity index (χ2v) is 4.45. The van der Waals surface area contributed by atoms with E-state index in [0.717, 1.165) is 24.3 Å². The number of nitrogen functional groups attached to an aromatic ring is 1. The summed E-state index contributed by atoms with van der Waals surface area (Å²) in [4.78, 5) is 11.4. The van der Waals surface area contributed by atoms with Crippen LogP contribution in [0.25, 0.3) is 0 Å². The summed E-state index contributed by atoms with van der Waals surface area (Å²) in [6.07, 6.45) is 2.72. The van der Waals surface area contributed by atoms with Gasteiger partial charge in [-0.1, -0.05) is 0 Å². The standard InChI is InChI=1S/C14H18N4O2/c1-18-8-6-11(17-18)5-7-16-13-4-3-10(9-12(13)15)14(19)20-2/h3-4,6,8-9,16H,5,7,15H2,1-2H3. The van der Waals surface area contributed by atoms with Crippen LogP contribution >= 0.6 is 0 Å². The summed E-state index contributed by atoms with van der Waals surface area (Å²) in [7, 11) is 3.23. The monoisotopic (exact) mass is 274 g/mol. The first-order chi connectivity index (χ1) is 9.60. The molecule has 3 N–H and O–H groups in total. The number of hydrogen-bond donors (Lipinski definition) is 2. The first-order valence-corrected chi connectivity index (χ1v) is 6.30. The number of aryl methyl sites for hydroxylation is 1. The van der Waals surface area contributed by atoms with Crippen LogP contribution in [-0.2, 0) is 18.2 Å². The Hall–Kier alpha value is -2.50. The molecule has 0 spiro atoms. The zero-order chi connectivity index (χ0) is 14.5. The molecule has 0 saturated carbocycles. The van der Waals surface area contributed by atoms with Crippen LogP contribution in [0.15, 0.2) is 30.5 Å². The number of methoxy groups -OCH3 is 1. The molecule has 1 heterocycles. The third kappa shape index (κ3) is 3.28. The van der Waals surface area contributed by atoms with E-state index in [4.69, 9.17) is 5.73 Å². The largest absolute Gasteiger partial charge is 0.465 e. The second kappa shape index (κ2) is 6.10. The van der Waals surface area contributed by atoms with E-state index in [9.17, 15) is 4.79 Å². The number of hydrogen-bond acceptors (Lipinski definition) is 5. The average Bonchev–Trinajstić information content (AvgIpc) is 2.85. The van der Waals surface area contributed by atoms with Crippen molar-refractivity contribution >= 4 is 17.3 Å². The smallest absolute Gasteiger partial charge is 0.337 e. The van der Waals surface area contributed by atoms with Crippen molar-refractivity contribution in [2.75, 3.05) is 24.7 Å². The minimum absolute atomic E-state index is 0.392. The zero-order valence-corrected chi connectivity index (χ0v) is 11.6. The topological polar surface area (TPSA) is 82.2 Å². The number of nitrogens with one attached hydrogen (secondary N) is 1. The molecule has 0 amide bonds. The number of anilines is 2. The summed E-state index contributed by atoms with van der Waals surface area (Å²) in [6, 6.07) is 7.05. The first kappa shape index (κ1) is 13.9. The SMILES string of the molecule is COC(=O)c1ccc(NCCc2ccn(C)n2)c(N)c1. The van der Waals surface area contributed by atoms with E-state index < -0.39 is 5.97 Å². The van der Waals surface area contributed by atoms with Gasteiger partial charge in [-0.05, 0) is 24.3 Å². The third-order valence-corrected chi connectivity index (χ3v) is 2.94. The molecule has 20 heavy (non-hydrogen) atoms. The van der Waals surface area contributed by atoms with Crippen molar-refractivity contribution in [3.63, 3.8) is 0 Å². The minimum atomic E-state index is -0.392. The lowest BCUT2D eigenvalue weighted by atomic mass is 10.1. The van der Waals surface area contributed by atoms with Crippen molar-refractivity contribution < 1.29 is 9.53 Å². The Morgan fingerprint density at radius 1 is 1.45 bits per heavy atom. The van der Waals surface area contributed by atoms with Crippen molar-refractivity contribution in [1.29, 1.82) is 0 Å². The van der Waals surface area contributed by atoms with E-state index in [-0.39, 0.29) is 0 Å². The second-order valence-electron chi connectivity index (χ2n) is 4.45. The van der Waals surface area contributed by atoms with Gasteiger partial charge in [0.2, 0.25) is 0 Å². The number of carbonyl (C=O) groups excluding carboxylic acids is 1. The van der Waals surface area contributed by atoms with Gasteiger partial charge in [-0.3, -0.25) is 4.68 Å². The van der Waals surface area contributed by atoms with Gasteiger partial charge in [0.05, 0.1) is 29.7 Å². The fourth-order valence-electron chi connectivity index (χ4n) is 1.89. The predicted octanol–water partition coefficient (Wildman–Crippen LogP) is 1.44. The molecular weight excluding hydrogens is 256 g/mol. The van der Waals surface area contributed by atoms with Gasteiger partial charge < -0.3 is 15.8 Å². The lowest BCUT2D eigenvalue weighted by Gasteiger charge is -2.09. The molecule has 0 radical (unpaired) electrons. The summed E-state index contributed by atoms with van der Waals surface area (Å²) >= 11 is 0. The van der Waals surface area contributed by atoms with Crippen molar-refractivity contribution in [3.05, 3.63) is 41.7 Å². The molecular formula is C14H18N4O2. The van der Waals surface area contributed by atoms with E-state index in [1.165, 1.54) is 7.11 Å². The molecule has 1 aromatic heterocycles. The normalized spacial score (nSPS) is 10.3. The van der Waals surface area contributed by atoms with Crippen molar-refractivity contribution in [3.8, 4) is 0 Å². The summed E-state index contributed by atoms with van der Waals surface area (Å²) in [5.41, 5.74) is 8.69. The molecule has 2 aromatic rings. The Morgan fingerprint density at radius 2 is 2.25 bits per heavy atom. The average molecular weight is 274 g/mol. The maximum atomic E-state index is 11.4. The van der Waals surface area contributed by atoms with Gasteiger partial charge in [0.25, 0.3) is 0 Å². The van der Waals surface area contributed by atoms with Gasteiger partial charge in [-0.15, -0.1) is 0 Å². The number of carbonyl (C=O) groups is 1. The molecule has 2 rings (SSSR count). The van der Waals surface area contributed by atoms with E-state index in [1.54, 1.807) is 22.9 Å². The van der Waals surface area contributed by atoms with Crippen LogP contribution in [0.4, 0.5) is 11.4 Å². The first-order valence-electron chi connectivity index (χ1n) is 6.30. The highest BCUT2D eigenvalue weighted by Crippen LogP contribution is 2.20. The molecule has 6 nitrogen and oxygen atoms in total. The lowest BCUT2D eigenvalue weighted by Crippen LogP contribution is -2.09. The third-order valence-electron chi connectivity index (χ3n) is 2.94. The lowest BCUT2D eigenvalue weighted by molar-refractivity contribution is 0.0601. The highest BCUT2D eigenvalue weighted by atomic mass is 16.5. The Morgan fingerprint density at radius 3 is 2.85 bits per heavy atom. The molecule has 0 unspecified atom stereocenters. The molecule has 1 aromatic carbocycles. The van der Waals surface area contributed by atoms with E-state index in [1.807, 2.05) is 19.3 Å². The van der Waals surface area contributed by atoms with Gasteiger partial charge in [0, 0.05) is 26.2 Å². The molecule has 0 bridgehead atoms. The molecule has 0 aliphatic rings. The minimum Gasteiger partial charge on any atom is -0.465 e. The number of esters is 1. The number of ether oxygens (including phenoxy) is 1. The van der Waals surface area contributed by atoms with Crippen molar-refractivity contribution in [2.45, 2.75) is 6.42 Å². The maximum Gasteiger partial charge on any atom is 0.337 e. The van der Waals surface area contributed by atoms with Crippen LogP contribution in [0.2, 0.25) is 0 Å². The number of rotatable bonds is 5. The predicted molar refractivity (Wildman–Crippen MR) is 77.6 cm³/mol. The summed E-state index contributed by atoms with van der Waals surface area (Å²) < 4.78 is 6.42. The molecule has 0 aliphatic heterocycles. The van der Waals surface area contributed by atoms with Crippen LogP contribution in [0.3, 0.4) is 0 Å². The summed E-state index contributed by atoms with van der Waals surface area (Å²) in [5, 5.41) is 7.53. The molecule has 0 saturated heterocycles. The van der Waals surface area contributed by atoms with Gasteiger partial charge in [0.15, 0.2) is 0 Å². The van der Waals surface area contributed by atoms with Gasteiger partial charge in [-0.2, -0.15) is 5.10 Å². The Kier molecular flexibility index (Phi) is 4.24. The van der Waals surface area contributed by atoms with Crippen molar-refractivity contribution in [1.82, 2.24) is 9.78 Å². The van der Waals surface area contributed by atoms with E-state index in [0.29, 0.717) is 11.3 Å². The van der Waals surface area contributed by atoms with Crippen LogP contribution in [0, 0.1) is 0 Å². The van der Waals surface area contributed by atoms with Gasteiger partial charge in [-0.25, -0.2) is 4.79 Å². The highest BCUT2D eigenvalue weighted by Gasteiger charge is 2.07. The summed E-state index contributed by atoms with van der Waals surface area (Å²) in [5.74, 6) is -0.392. The Bertz CT molecular complexity index is 607. The number of aromatic nitrogens is 2. The van der Waals surface area contributed by atoms with Crippen LogP contribution in [0.5, 0.6) is 0 Å². The summed E-state index contributed by atoms with van der Waals surface area (Å²) in [6.45, 7) is 0.721. The molecule has 0 aliphatic carbocycles. The Labute approximate surface area is 117 Å². The molecule has 0 fully saturated rings. The quantitative estimate of drug-likeness (QED) is 0.637. The van der Waals surface area contributed by atoms with Crippen LogP contribution < -0.4 is 11.1 Å². The van der Waals surface area contributed by atoms with Crippen LogP contribution in [0.1, 0.15) is 16.1 Å². The van der Waals surface area contributed by atoms with E-state index in [2.05, 4.69) is 15.2 Å². The Balaban J connectivity index is 1.94. The zero-order valence-electron chi connectivity index (χ0n) is 11.6. The molecule has 6 heteroatoms. The van der Waals surface area contributed by atoms with Crippen LogP contribution in [-0.4, -0.2) is 29.4 Å². The fourth-order valence-corrected chi connectivity index (χ4v) is 1.89. The molecule has 0 atom stereocenters. The molecule has 106 valence electrons. The van der Waals surface area contributed by atoms with E-state index >= 15 is 0 Å². The number of benzene rings is 1. The van der Waals surface area contributed by atoms with Gasteiger partial charge in [0.1, 0.15) is 0 Å². The number of nitrogens with two attached hydrogens (primary N) is 1. The fraction of sp³-hybridized carbons (Fsp3) is 0.286. The maximum absolute atomic E-state index is 11.4. The van der Waals surface area contributed by atoms with Gasteiger partial charge >= 0.3 is 5.97 Å².